The van der Waals surface area contributed by atoms with Gasteiger partial charge in [0.15, 0.2) is 0 Å². The second-order valence-electron chi connectivity index (χ2n) is 5.50. The molecule has 0 fully saturated rings. The van der Waals surface area contributed by atoms with E-state index in [-0.39, 0.29) is 0 Å². The van der Waals surface area contributed by atoms with Crippen molar-refractivity contribution in [1.29, 1.82) is 0 Å². The molecule has 1 aromatic rings. The Morgan fingerprint density at radius 3 is 2.14 bits per heavy atom. The molecule has 6 nitrogen and oxygen atoms in total. The first-order chi connectivity index (χ1) is 10.0. The Morgan fingerprint density at radius 2 is 1.62 bits per heavy atom. The van der Waals surface area contributed by atoms with Crippen LogP contribution in [-0.4, -0.2) is 41.1 Å². The lowest BCUT2D eigenvalue weighted by Crippen LogP contribution is -2.26. The van der Waals surface area contributed by atoms with Crippen molar-refractivity contribution in [1.82, 2.24) is 15.0 Å². The van der Waals surface area contributed by atoms with Crippen LogP contribution >= 0.6 is 0 Å². The Bertz CT molecular complexity index is 419. The van der Waals surface area contributed by atoms with E-state index in [1.807, 2.05) is 7.05 Å². The fraction of sp³-hybridized carbons (Fsp3) is 0.800. The lowest BCUT2D eigenvalue weighted by Gasteiger charge is -2.21. The van der Waals surface area contributed by atoms with Gasteiger partial charge in [0, 0.05) is 26.2 Å². The first kappa shape index (κ1) is 17.5. The van der Waals surface area contributed by atoms with Gasteiger partial charge in [-0.05, 0) is 33.1 Å². The molecule has 1 rings (SSSR count). The number of anilines is 3. The Morgan fingerprint density at radius 1 is 1.00 bits per heavy atom. The summed E-state index contributed by atoms with van der Waals surface area (Å²) in [5.74, 6) is 2.66. The number of hydrogen-bond acceptors (Lipinski definition) is 6. The lowest BCUT2D eigenvalue weighted by molar-refractivity contribution is 0.482. The maximum atomic E-state index is 4.55. The van der Waals surface area contributed by atoms with E-state index < -0.39 is 0 Å². The molecule has 1 aromatic heterocycles. The van der Waals surface area contributed by atoms with Crippen molar-refractivity contribution in [3.63, 3.8) is 0 Å². The van der Waals surface area contributed by atoms with Crippen molar-refractivity contribution in [2.75, 3.05) is 35.7 Å². The Kier molecular flexibility index (Phi) is 7.19. The lowest BCUT2D eigenvalue weighted by atomic mass is 10.0. The van der Waals surface area contributed by atoms with Crippen LogP contribution in [-0.2, 0) is 0 Å². The number of nitrogens with zero attached hydrogens (tertiary/aromatic N) is 4. The number of hydrogen-bond donors (Lipinski definition) is 2. The van der Waals surface area contributed by atoms with E-state index in [0.29, 0.717) is 23.9 Å². The third-order valence-electron chi connectivity index (χ3n) is 3.72. The quantitative estimate of drug-likeness (QED) is 0.730. The molecule has 0 radical (unpaired) electrons. The third kappa shape index (κ3) is 5.36. The van der Waals surface area contributed by atoms with Crippen LogP contribution in [0.25, 0.3) is 0 Å². The van der Waals surface area contributed by atoms with Crippen LogP contribution in [0.4, 0.5) is 17.8 Å². The minimum atomic E-state index is 0.344. The summed E-state index contributed by atoms with van der Waals surface area (Å²) < 4.78 is 0. The minimum Gasteiger partial charge on any atom is -0.357 e. The number of rotatable bonds is 9. The molecule has 0 aromatic carbocycles. The summed E-state index contributed by atoms with van der Waals surface area (Å²) >= 11 is 0. The largest absolute Gasteiger partial charge is 0.357 e. The van der Waals surface area contributed by atoms with Crippen molar-refractivity contribution < 1.29 is 0 Å². The topological polar surface area (TPSA) is 66.0 Å². The van der Waals surface area contributed by atoms with Gasteiger partial charge in [0.1, 0.15) is 0 Å². The highest BCUT2D eigenvalue weighted by molar-refractivity contribution is 5.43. The predicted octanol–water partition coefficient (Wildman–Crippen LogP) is 3.00. The SMILES string of the molecule is CCC(C)CC(C)Nc1nc(NC)nc(N(CC)CC)n1. The molecule has 21 heavy (non-hydrogen) atoms. The highest BCUT2D eigenvalue weighted by Gasteiger charge is 2.13. The van der Waals surface area contributed by atoms with Gasteiger partial charge in [-0.3, -0.25) is 0 Å². The zero-order valence-corrected chi connectivity index (χ0v) is 14.3. The van der Waals surface area contributed by atoms with Crippen molar-refractivity contribution >= 4 is 17.8 Å². The van der Waals surface area contributed by atoms with Crippen LogP contribution in [0.5, 0.6) is 0 Å². The van der Waals surface area contributed by atoms with E-state index in [0.717, 1.165) is 25.5 Å². The van der Waals surface area contributed by atoms with Crippen LogP contribution in [0.1, 0.15) is 47.5 Å². The Hall–Kier alpha value is -1.59. The van der Waals surface area contributed by atoms with Crippen LogP contribution in [0.3, 0.4) is 0 Å². The van der Waals surface area contributed by atoms with E-state index in [1.54, 1.807) is 0 Å². The van der Waals surface area contributed by atoms with Gasteiger partial charge in [0.2, 0.25) is 17.8 Å². The predicted molar refractivity (Wildman–Crippen MR) is 90.1 cm³/mol. The smallest absolute Gasteiger partial charge is 0.231 e. The van der Waals surface area contributed by atoms with E-state index in [4.69, 9.17) is 0 Å². The molecule has 1 heterocycles. The molecule has 0 bridgehead atoms. The van der Waals surface area contributed by atoms with Gasteiger partial charge in [-0.15, -0.1) is 0 Å². The molecule has 6 heteroatoms. The van der Waals surface area contributed by atoms with Gasteiger partial charge in [0.25, 0.3) is 0 Å². The molecule has 0 spiro atoms. The Balaban J connectivity index is 2.88. The van der Waals surface area contributed by atoms with Gasteiger partial charge in [-0.25, -0.2) is 0 Å². The molecule has 0 aliphatic rings. The zero-order chi connectivity index (χ0) is 15.8. The highest BCUT2D eigenvalue weighted by atomic mass is 15.3. The molecule has 120 valence electrons. The van der Waals surface area contributed by atoms with Gasteiger partial charge in [-0.1, -0.05) is 20.3 Å². The van der Waals surface area contributed by atoms with Gasteiger partial charge in [0.05, 0.1) is 0 Å². The van der Waals surface area contributed by atoms with E-state index in [2.05, 4.69) is 65.1 Å². The molecule has 2 atom stereocenters. The van der Waals surface area contributed by atoms with Crippen LogP contribution in [0.15, 0.2) is 0 Å². The first-order valence-electron chi connectivity index (χ1n) is 7.99. The highest BCUT2D eigenvalue weighted by Crippen LogP contribution is 2.16. The summed E-state index contributed by atoms with van der Waals surface area (Å²) in [7, 11) is 1.83. The van der Waals surface area contributed by atoms with Gasteiger partial charge < -0.3 is 15.5 Å². The molecule has 0 aliphatic heterocycles. The van der Waals surface area contributed by atoms with E-state index >= 15 is 0 Å². The van der Waals surface area contributed by atoms with Crippen molar-refractivity contribution in [3.05, 3.63) is 0 Å². The number of aromatic nitrogens is 3. The minimum absolute atomic E-state index is 0.344. The normalized spacial score (nSPS) is 13.6. The summed E-state index contributed by atoms with van der Waals surface area (Å²) in [6.45, 7) is 12.6. The van der Waals surface area contributed by atoms with Gasteiger partial charge in [-0.2, -0.15) is 15.0 Å². The summed E-state index contributed by atoms with van der Waals surface area (Å²) in [5, 5.41) is 6.40. The third-order valence-corrected chi connectivity index (χ3v) is 3.72. The van der Waals surface area contributed by atoms with E-state index in [9.17, 15) is 0 Å². The summed E-state index contributed by atoms with van der Waals surface area (Å²) in [5.41, 5.74) is 0. The number of nitrogens with one attached hydrogen (secondary N) is 2. The zero-order valence-electron chi connectivity index (χ0n) is 14.3. The molecule has 0 saturated carbocycles. The van der Waals surface area contributed by atoms with Crippen LogP contribution in [0, 0.1) is 5.92 Å². The van der Waals surface area contributed by atoms with E-state index in [1.165, 1.54) is 6.42 Å². The van der Waals surface area contributed by atoms with Crippen molar-refractivity contribution in [2.24, 2.45) is 5.92 Å². The molecular formula is C15H30N6. The fourth-order valence-corrected chi connectivity index (χ4v) is 2.24. The molecule has 0 aliphatic carbocycles. The molecule has 0 amide bonds. The second kappa shape index (κ2) is 8.64. The molecule has 0 saturated heterocycles. The average molecular weight is 294 g/mol. The van der Waals surface area contributed by atoms with Crippen molar-refractivity contribution in [3.8, 4) is 0 Å². The summed E-state index contributed by atoms with van der Waals surface area (Å²) in [4.78, 5) is 15.5. The Labute approximate surface area is 128 Å². The van der Waals surface area contributed by atoms with Gasteiger partial charge >= 0.3 is 0 Å². The average Bonchev–Trinajstić information content (AvgIpc) is 2.47. The summed E-state index contributed by atoms with van der Waals surface area (Å²) in [6, 6.07) is 0.344. The maximum Gasteiger partial charge on any atom is 0.231 e. The molecular weight excluding hydrogens is 264 g/mol. The second-order valence-corrected chi connectivity index (χ2v) is 5.50. The summed E-state index contributed by atoms with van der Waals surface area (Å²) in [6.07, 6.45) is 2.30. The maximum absolute atomic E-state index is 4.55. The molecule has 2 N–H and O–H groups in total. The monoisotopic (exact) mass is 294 g/mol. The fourth-order valence-electron chi connectivity index (χ4n) is 2.24. The first-order valence-corrected chi connectivity index (χ1v) is 7.99. The molecule has 2 unspecified atom stereocenters. The van der Waals surface area contributed by atoms with Crippen molar-refractivity contribution in [2.45, 2.75) is 53.5 Å². The van der Waals surface area contributed by atoms with Crippen LogP contribution in [0.2, 0.25) is 0 Å². The van der Waals surface area contributed by atoms with Crippen LogP contribution < -0.4 is 15.5 Å². The standard InChI is InChI=1S/C15H30N6/c1-7-11(4)10-12(5)17-14-18-13(16-6)19-15(20-14)21(8-2)9-3/h11-12H,7-10H2,1-6H3,(H2,16,17,18,19,20).